The number of piperazine rings is 1. The second-order valence-electron chi connectivity index (χ2n) is 8.03. The van der Waals surface area contributed by atoms with Gasteiger partial charge < -0.3 is 14.7 Å². The Morgan fingerprint density at radius 1 is 1.07 bits per heavy atom. The number of nitrogens with one attached hydrogen (secondary N) is 1. The van der Waals surface area contributed by atoms with E-state index in [4.69, 9.17) is 4.98 Å². The molecule has 2 fully saturated rings. The summed E-state index contributed by atoms with van der Waals surface area (Å²) >= 11 is 0. The lowest BCUT2D eigenvalue weighted by Crippen LogP contribution is -2.48. The number of aromatic amines is 1. The first-order valence-electron chi connectivity index (χ1n) is 10.2. The highest BCUT2D eigenvalue weighted by Gasteiger charge is 2.30. The highest BCUT2D eigenvalue weighted by molar-refractivity contribution is 5.95. The van der Waals surface area contributed by atoms with Crippen LogP contribution in [0.1, 0.15) is 46.7 Å². The third-order valence-electron chi connectivity index (χ3n) is 6.00. The maximum atomic E-state index is 12.8. The van der Waals surface area contributed by atoms with E-state index in [1.165, 1.54) is 0 Å². The number of anilines is 1. The summed E-state index contributed by atoms with van der Waals surface area (Å²) in [7, 11) is 0. The smallest absolute Gasteiger partial charge is 0.257 e. The van der Waals surface area contributed by atoms with E-state index in [0.29, 0.717) is 12.1 Å². The van der Waals surface area contributed by atoms with Crippen LogP contribution < -0.4 is 4.90 Å². The van der Waals surface area contributed by atoms with Crippen LogP contribution in [0.4, 0.5) is 5.69 Å². The molecular weight excluding hydrogens is 368 g/mol. The van der Waals surface area contributed by atoms with Gasteiger partial charge in [0.25, 0.3) is 5.91 Å². The fourth-order valence-electron chi connectivity index (χ4n) is 4.27. The Morgan fingerprint density at radius 2 is 1.83 bits per heavy atom. The van der Waals surface area contributed by atoms with Crippen LogP contribution in [0, 0.1) is 13.8 Å². The summed E-state index contributed by atoms with van der Waals surface area (Å²) in [4.78, 5) is 35.3. The zero-order valence-corrected chi connectivity index (χ0v) is 17.3. The first-order chi connectivity index (χ1) is 13.9. The average molecular weight is 396 g/mol. The molecule has 4 rings (SSSR count). The fourth-order valence-corrected chi connectivity index (χ4v) is 4.27. The standard InChI is InChI=1S/C21H28N6O2/c1-14-10-18(26-8-6-25(7-9-26)16(3)28)11-20(23-14)17-4-5-27(13-17)21(29)19-12-22-24-15(19)2/h10-12,17H,4-9,13H2,1-3H3,(H,22,24). The van der Waals surface area contributed by atoms with Gasteiger partial charge in [0.1, 0.15) is 0 Å². The van der Waals surface area contributed by atoms with Crippen LogP contribution in [0.25, 0.3) is 0 Å². The van der Waals surface area contributed by atoms with Crippen LogP contribution in [0.2, 0.25) is 0 Å². The van der Waals surface area contributed by atoms with Crippen molar-refractivity contribution in [3.63, 3.8) is 0 Å². The van der Waals surface area contributed by atoms with Gasteiger partial charge in [-0.15, -0.1) is 0 Å². The highest BCUT2D eigenvalue weighted by Crippen LogP contribution is 2.30. The van der Waals surface area contributed by atoms with Crippen molar-refractivity contribution in [3.8, 4) is 0 Å². The van der Waals surface area contributed by atoms with Crippen molar-refractivity contribution < 1.29 is 9.59 Å². The molecule has 0 saturated carbocycles. The van der Waals surface area contributed by atoms with Crippen LogP contribution in [-0.2, 0) is 4.79 Å². The van der Waals surface area contributed by atoms with Gasteiger partial charge in [-0.3, -0.25) is 19.7 Å². The summed E-state index contributed by atoms with van der Waals surface area (Å²) in [6, 6.07) is 4.28. The van der Waals surface area contributed by atoms with Gasteiger partial charge in [0.05, 0.1) is 11.8 Å². The van der Waals surface area contributed by atoms with Gasteiger partial charge in [-0.05, 0) is 32.4 Å². The van der Waals surface area contributed by atoms with Crippen molar-refractivity contribution in [2.75, 3.05) is 44.2 Å². The molecule has 1 N–H and O–H groups in total. The Kier molecular flexibility index (Phi) is 5.25. The van der Waals surface area contributed by atoms with E-state index in [2.05, 4.69) is 27.2 Å². The molecule has 2 saturated heterocycles. The Bertz CT molecular complexity index is 916. The topological polar surface area (TPSA) is 85.4 Å². The number of pyridine rings is 1. The number of rotatable bonds is 3. The second kappa shape index (κ2) is 7.85. The van der Waals surface area contributed by atoms with Gasteiger partial charge in [0, 0.05) is 74.9 Å². The minimum Gasteiger partial charge on any atom is -0.368 e. The van der Waals surface area contributed by atoms with Gasteiger partial charge in [-0.25, -0.2) is 0 Å². The maximum absolute atomic E-state index is 12.8. The third-order valence-corrected chi connectivity index (χ3v) is 6.00. The minimum absolute atomic E-state index is 0.0342. The molecule has 29 heavy (non-hydrogen) atoms. The lowest BCUT2D eigenvalue weighted by molar-refractivity contribution is -0.129. The molecule has 8 heteroatoms. The number of carbonyl (C=O) groups is 2. The zero-order chi connectivity index (χ0) is 20.5. The first-order valence-corrected chi connectivity index (χ1v) is 10.2. The molecule has 0 spiro atoms. The SMILES string of the molecule is CC(=O)N1CCN(c2cc(C)nc(C3CCN(C(=O)c4cn[nH]c4C)C3)c2)CC1. The van der Waals surface area contributed by atoms with E-state index >= 15 is 0 Å². The lowest BCUT2D eigenvalue weighted by Gasteiger charge is -2.36. The number of likely N-dealkylation sites (tertiary alicyclic amines) is 1. The summed E-state index contributed by atoms with van der Waals surface area (Å²) in [5.74, 6) is 0.412. The monoisotopic (exact) mass is 396 g/mol. The van der Waals surface area contributed by atoms with Crippen molar-refractivity contribution >= 4 is 17.5 Å². The summed E-state index contributed by atoms with van der Waals surface area (Å²) < 4.78 is 0. The van der Waals surface area contributed by atoms with E-state index in [1.54, 1.807) is 13.1 Å². The molecule has 0 bridgehead atoms. The first kappa shape index (κ1) is 19.4. The molecule has 1 atom stereocenters. The van der Waals surface area contributed by atoms with Gasteiger partial charge in [0.15, 0.2) is 0 Å². The molecule has 0 aromatic carbocycles. The Morgan fingerprint density at radius 3 is 2.48 bits per heavy atom. The van der Waals surface area contributed by atoms with Gasteiger partial charge >= 0.3 is 0 Å². The van der Waals surface area contributed by atoms with Crippen molar-refractivity contribution in [1.82, 2.24) is 25.0 Å². The van der Waals surface area contributed by atoms with E-state index in [9.17, 15) is 9.59 Å². The van der Waals surface area contributed by atoms with Gasteiger partial charge in [0.2, 0.25) is 5.91 Å². The van der Waals surface area contributed by atoms with E-state index in [0.717, 1.165) is 61.9 Å². The molecule has 1 unspecified atom stereocenters. The Balaban J connectivity index is 1.46. The normalized spacial score (nSPS) is 19.7. The van der Waals surface area contributed by atoms with Crippen LogP contribution in [0.3, 0.4) is 0 Å². The predicted molar refractivity (Wildman–Crippen MR) is 110 cm³/mol. The summed E-state index contributed by atoms with van der Waals surface area (Å²) in [6.07, 6.45) is 2.52. The Labute approximate surface area is 170 Å². The van der Waals surface area contributed by atoms with Crippen molar-refractivity contribution in [2.24, 2.45) is 0 Å². The van der Waals surface area contributed by atoms with Crippen molar-refractivity contribution in [1.29, 1.82) is 0 Å². The number of hydrogen-bond donors (Lipinski definition) is 1. The van der Waals surface area contributed by atoms with E-state index in [-0.39, 0.29) is 17.7 Å². The average Bonchev–Trinajstić information content (AvgIpc) is 3.36. The van der Waals surface area contributed by atoms with Gasteiger partial charge in [-0.2, -0.15) is 5.10 Å². The molecular formula is C21H28N6O2. The zero-order valence-electron chi connectivity index (χ0n) is 17.3. The fraction of sp³-hybridized carbons (Fsp3) is 0.524. The number of aryl methyl sites for hydroxylation is 2. The van der Waals surface area contributed by atoms with Crippen LogP contribution in [0.15, 0.2) is 18.3 Å². The molecule has 2 amide bonds. The van der Waals surface area contributed by atoms with E-state index in [1.807, 2.05) is 23.6 Å². The molecule has 4 heterocycles. The Hall–Kier alpha value is -2.90. The summed E-state index contributed by atoms with van der Waals surface area (Å²) in [5, 5.41) is 6.80. The lowest BCUT2D eigenvalue weighted by atomic mass is 10.0. The molecule has 2 aromatic rings. The van der Waals surface area contributed by atoms with Crippen molar-refractivity contribution in [2.45, 2.75) is 33.1 Å². The highest BCUT2D eigenvalue weighted by atomic mass is 16.2. The molecule has 154 valence electrons. The molecule has 0 aliphatic carbocycles. The van der Waals surface area contributed by atoms with Crippen LogP contribution >= 0.6 is 0 Å². The summed E-state index contributed by atoms with van der Waals surface area (Å²) in [6.45, 7) is 10.1. The molecule has 2 aliphatic heterocycles. The minimum atomic E-state index is 0.0342. The number of aromatic nitrogens is 3. The number of H-pyrrole nitrogens is 1. The largest absolute Gasteiger partial charge is 0.368 e. The molecule has 2 aromatic heterocycles. The number of hydrogen-bond acceptors (Lipinski definition) is 5. The third kappa shape index (κ3) is 3.97. The predicted octanol–water partition coefficient (Wildman–Crippen LogP) is 1.72. The van der Waals surface area contributed by atoms with E-state index < -0.39 is 0 Å². The van der Waals surface area contributed by atoms with Crippen LogP contribution in [0.5, 0.6) is 0 Å². The van der Waals surface area contributed by atoms with Crippen LogP contribution in [-0.4, -0.2) is 76.1 Å². The quantitative estimate of drug-likeness (QED) is 0.854. The number of carbonyl (C=O) groups excluding carboxylic acids is 2. The maximum Gasteiger partial charge on any atom is 0.257 e. The molecule has 2 aliphatic rings. The number of amides is 2. The van der Waals surface area contributed by atoms with Gasteiger partial charge in [-0.1, -0.05) is 0 Å². The molecule has 8 nitrogen and oxygen atoms in total. The molecule has 0 radical (unpaired) electrons. The summed E-state index contributed by atoms with van der Waals surface area (Å²) in [5.41, 5.74) is 4.65. The second-order valence-corrected chi connectivity index (χ2v) is 8.03. The van der Waals surface area contributed by atoms with Crippen molar-refractivity contribution in [3.05, 3.63) is 41.0 Å². The number of nitrogens with zero attached hydrogens (tertiary/aromatic N) is 5.